The van der Waals surface area contributed by atoms with Crippen molar-refractivity contribution < 1.29 is 112 Å². The number of carbonyl (C=O) groups excluding carboxylic acids is 3. The van der Waals surface area contributed by atoms with Crippen LogP contribution in [0.4, 0.5) is 0 Å². The highest BCUT2D eigenvalue weighted by Gasteiger charge is 2.51. The van der Waals surface area contributed by atoms with Crippen molar-refractivity contribution in [3.05, 3.63) is 71.3 Å². The molecule has 0 spiro atoms. The maximum absolute atomic E-state index is 13.3. The third kappa shape index (κ3) is 12.4. The summed E-state index contributed by atoms with van der Waals surface area (Å²) in [6.07, 6.45) is -11.8. The number of carbonyl (C=O) groups is 3. The fourth-order valence-electron chi connectivity index (χ4n) is 6.79. The average Bonchev–Trinajstić information content (AvgIpc) is 3.33. The van der Waals surface area contributed by atoms with E-state index in [-0.39, 0.29) is 51.7 Å². The lowest BCUT2D eigenvalue weighted by atomic mass is 9.98. The highest BCUT2D eigenvalue weighted by atomic mass is 16.8. The van der Waals surface area contributed by atoms with Gasteiger partial charge in [-0.2, -0.15) is 0 Å². The van der Waals surface area contributed by atoms with Gasteiger partial charge in [-0.25, -0.2) is 14.4 Å². The van der Waals surface area contributed by atoms with Gasteiger partial charge >= 0.3 is 17.9 Å². The predicted octanol–water partition coefficient (Wildman–Crippen LogP) is 0.564. The second-order valence-corrected chi connectivity index (χ2v) is 14.6. The molecule has 8 N–H and O–H groups in total. The molecule has 0 bridgehead atoms. The first-order chi connectivity index (χ1) is 32.5. The number of hydrogen-bond acceptors (Lipinski definition) is 23. The van der Waals surface area contributed by atoms with Crippen LogP contribution < -0.4 is 28.4 Å². The maximum Gasteiger partial charge on any atom is 0.333 e. The number of aliphatic hydroxyl groups is 5. The van der Waals surface area contributed by atoms with Gasteiger partial charge in [0, 0.05) is 18.2 Å². The highest BCUT2D eigenvalue weighted by molar-refractivity contribution is 5.89. The van der Waals surface area contributed by atoms with Gasteiger partial charge in [-0.1, -0.05) is 0 Å². The number of phenolic OH excluding ortho intramolecular Hbond substituents is 3. The molecule has 10 atom stereocenters. The molecule has 0 amide bonds. The standard InChI is InChI=1S/C45H52O23/c1-57-24-13-21(14-25(58-2)35(24)50)7-10-32(47)66-42-40(55)38(53)30(19-46)64-44(42)63-20-31-39(54)41(56)43(67-33(48)11-8-22-15-26(59-3)36(51)27(16-22)60-4)45(65-31)68-34(49)12-9-23-17-28(61-5)37(52)29(18-23)62-6/h7-18,30-31,38-46,50-56H,19-20H2,1-6H3/b10-7+,11-8+,12-9+/t30-,31-,38-,39-,40+,41+,42-,43-,44+,45+/m1/s1. The Labute approximate surface area is 388 Å². The zero-order valence-corrected chi connectivity index (χ0v) is 37.3. The Hall–Kier alpha value is -6.83. The van der Waals surface area contributed by atoms with Crippen LogP contribution in [-0.4, -0.2) is 176 Å². The second kappa shape index (κ2) is 23.8. The van der Waals surface area contributed by atoms with Crippen LogP contribution in [0.3, 0.4) is 0 Å². The van der Waals surface area contributed by atoms with Crippen molar-refractivity contribution in [3.8, 4) is 51.7 Å². The van der Waals surface area contributed by atoms with E-state index in [1.54, 1.807) is 0 Å². The number of aliphatic hydroxyl groups excluding tert-OH is 5. The van der Waals surface area contributed by atoms with Crippen LogP contribution in [0, 0.1) is 0 Å². The number of rotatable bonds is 19. The van der Waals surface area contributed by atoms with Crippen LogP contribution in [0.2, 0.25) is 0 Å². The fraction of sp³-hybridized carbons (Fsp3) is 0.400. The summed E-state index contributed by atoms with van der Waals surface area (Å²) >= 11 is 0. The van der Waals surface area contributed by atoms with Gasteiger partial charge in [-0.15, -0.1) is 0 Å². The van der Waals surface area contributed by atoms with Gasteiger partial charge in [0.1, 0.15) is 36.6 Å². The summed E-state index contributed by atoms with van der Waals surface area (Å²) in [6.45, 7) is -1.63. The van der Waals surface area contributed by atoms with Crippen molar-refractivity contribution in [2.75, 3.05) is 55.9 Å². The Morgan fingerprint density at radius 3 is 1.13 bits per heavy atom. The number of benzene rings is 3. The number of ether oxygens (including phenoxy) is 12. The molecule has 370 valence electrons. The molecule has 68 heavy (non-hydrogen) atoms. The largest absolute Gasteiger partial charge is 0.502 e. The molecule has 23 heteroatoms. The SMILES string of the molecule is COc1cc(/C=C/C(=O)O[C@@H]2O[C@H](CO[C@H]3O[C@H](CO)[C@@H](O)[C@H](O)[C@H]3OC(=O)/C=C/c3cc(OC)c(O)c(OC)c3)[C@@H](O)[C@H](O)[C@H]2OC(=O)/C=C/c2cc(OC)c(O)c(OC)c2)cc(OC)c1O. The Bertz CT molecular complexity index is 2250. The highest BCUT2D eigenvalue weighted by Crippen LogP contribution is 2.40. The molecule has 2 saturated heterocycles. The van der Waals surface area contributed by atoms with Crippen LogP contribution >= 0.6 is 0 Å². The first-order valence-corrected chi connectivity index (χ1v) is 20.3. The Kier molecular flexibility index (Phi) is 18.2. The van der Waals surface area contributed by atoms with E-state index in [0.717, 1.165) is 18.2 Å². The van der Waals surface area contributed by atoms with Gasteiger partial charge in [0.2, 0.25) is 23.5 Å². The van der Waals surface area contributed by atoms with Gasteiger partial charge in [0.15, 0.2) is 53.0 Å². The molecule has 0 radical (unpaired) electrons. The minimum Gasteiger partial charge on any atom is -0.502 e. The molecular weight excluding hydrogens is 908 g/mol. The summed E-state index contributed by atoms with van der Waals surface area (Å²) in [5.41, 5.74) is 0.906. The van der Waals surface area contributed by atoms with Crippen LogP contribution in [0.25, 0.3) is 18.2 Å². The van der Waals surface area contributed by atoms with E-state index in [0.29, 0.717) is 16.7 Å². The summed E-state index contributed by atoms with van der Waals surface area (Å²) in [6, 6.07) is 8.26. The van der Waals surface area contributed by atoms with Crippen LogP contribution in [-0.2, 0) is 42.8 Å². The quantitative estimate of drug-likeness (QED) is 0.0462. The molecule has 2 aliphatic rings. The van der Waals surface area contributed by atoms with E-state index in [4.69, 9.17) is 56.8 Å². The number of phenols is 3. The summed E-state index contributed by atoms with van der Waals surface area (Å²) < 4.78 is 64.4. The molecule has 3 aromatic carbocycles. The lowest BCUT2D eigenvalue weighted by Crippen LogP contribution is -2.63. The summed E-state index contributed by atoms with van der Waals surface area (Å²) in [5.74, 6) is -4.17. The first-order valence-electron chi connectivity index (χ1n) is 20.3. The summed E-state index contributed by atoms with van der Waals surface area (Å²) in [4.78, 5) is 39.6. The monoisotopic (exact) mass is 960 g/mol. The van der Waals surface area contributed by atoms with Crippen molar-refractivity contribution in [1.29, 1.82) is 0 Å². The Morgan fingerprint density at radius 2 is 0.794 bits per heavy atom. The van der Waals surface area contributed by atoms with Crippen molar-refractivity contribution >= 4 is 36.1 Å². The molecular formula is C45H52O23. The molecule has 0 unspecified atom stereocenters. The third-order valence-corrected chi connectivity index (χ3v) is 10.4. The predicted molar refractivity (Wildman–Crippen MR) is 231 cm³/mol. The summed E-state index contributed by atoms with van der Waals surface area (Å²) in [5, 5.41) is 85.0. The van der Waals surface area contributed by atoms with Crippen LogP contribution in [0.5, 0.6) is 51.7 Å². The van der Waals surface area contributed by atoms with E-state index in [2.05, 4.69) is 0 Å². The molecule has 2 fully saturated rings. The van der Waals surface area contributed by atoms with Crippen LogP contribution in [0.15, 0.2) is 54.6 Å². The molecule has 23 nitrogen and oxygen atoms in total. The van der Waals surface area contributed by atoms with E-state index < -0.39 is 92.5 Å². The van der Waals surface area contributed by atoms with E-state index in [1.807, 2.05) is 0 Å². The average molecular weight is 961 g/mol. The smallest absolute Gasteiger partial charge is 0.333 e. The zero-order valence-electron chi connectivity index (χ0n) is 37.3. The second-order valence-electron chi connectivity index (χ2n) is 14.6. The minimum absolute atomic E-state index is 0.0103. The number of esters is 3. The van der Waals surface area contributed by atoms with Crippen molar-refractivity contribution in [1.82, 2.24) is 0 Å². The Balaban J connectivity index is 1.38. The lowest BCUT2D eigenvalue weighted by Gasteiger charge is -2.43. The topological polar surface area (TPSA) is 324 Å². The van der Waals surface area contributed by atoms with Gasteiger partial charge in [-0.05, 0) is 71.3 Å². The third-order valence-electron chi connectivity index (χ3n) is 10.4. The van der Waals surface area contributed by atoms with E-state index >= 15 is 0 Å². The van der Waals surface area contributed by atoms with Gasteiger partial charge in [-0.3, -0.25) is 0 Å². The molecule has 0 saturated carbocycles. The summed E-state index contributed by atoms with van der Waals surface area (Å²) in [7, 11) is 7.79. The fourth-order valence-corrected chi connectivity index (χ4v) is 6.79. The normalized spacial score (nSPS) is 24.9. The van der Waals surface area contributed by atoms with Gasteiger partial charge in [0.25, 0.3) is 0 Å². The zero-order chi connectivity index (χ0) is 49.8. The van der Waals surface area contributed by atoms with Crippen molar-refractivity contribution in [2.45, 2.75) is 61.4 Å². The molecule has 0 aromatic heterocycles. The molecule has 0 aliphatic carbocycles. The molecule has 2 heterocycles. The Morgan fingerprint density at radius 1 is 0.485 bits per heavy atom. The first kappa shape index (κ1) is 52.1. The van der Waals surface area contributed by atoms with Gasteiger partial charge in [0.05, 0.1) is 55.9 Å². The minimum atomic E-state index is -2.06. The molecule has 2 aliphatic heterocycles. The van der Waals surface area contributed by atoms with Crippen molar-refractivity contribution in [2.24, 2.45) is 0 Å². The lowest BCUT2D eigenvalue weighted by molar-refractivity contribution is -0.328. The molecule has 3 aromatic rings. The number of hydrogen-bond donors (Lipinski definition) is 8. The molecule has 5 rings (SSSR count). The maximum atomic E-state index is 13.3. The van der Waals surface area contributed by atoms with Gasteiger partial charge < -0.3 is 97.7 Å². The number of aromatic hydroxyl groups is 3. The van der Waals surface area contributed by atoms with E-state index in [9.17, 15) is 55.2 Å². The number of methoxy groups -OCH3 is 6. The van der Waals surface area contributed by atoms with Crippen LogP contribution in [0.1, 0.15) is 16.7 Å². The van der Waals surface area contributed by atoms with E-state index in [1.165, 1.54) is 97.3 Å². The van der Waals surface area contributed by atoms with Crippen molar-refractivity contribution in [3.63, 3.8) is 0 Å².